The molecule has 2 heterocycles. The zero-order valence-electron chi connectivity index (χ0n) is 8.75. The van der Waals surface area contributed by atoms with Gasteiger partial charge in [0.2, 0.25) is 0 Å². The maximum atomic E-state index is 10.1. The van der Waals surface area contributed by atoms with Gasteiger partial charge in [-0.3, -0.25) is 4.98 Å². The van der Waals surface area contributed by atoms with Crippen molar-refractivity contribution in [1.82, 2.24) is 14.5 Å². The summed E-state index contributed by atoms with van der Waals surface area (Å²) in [4.78, 5) is 8.12. The Morgan fingerprint density at radius 3 is 2.67 bits per heavy atom. The molecule has 0 saturated carbocycles. The molecule has 0 bridgehead atoms. The summed E-state index contributed by atoms with van der Waals surface area (Å²) >= 11 is 0. The lowest BCUT2D eigenvalue weighted by molar-refractivity contribution is 0.211. The van der Waals surface area contributed by atoms with Gasteiger partial charge in [0.25, 0.3) is 0 Å². The Balaban J connectivity index is 2.32. The summed E-state index contributed by atoms with van der Waals surface area (Å²) in [6, 6.07) is 3.76. The first-order chi connectivity index (χ1) is 7.18. The van der Waals surface area contributed by atoms with Crippen molar-refractivity contribution in [2.75, 3.05) is 0 Å². The van der Waals surface area contributed by atoms with E-state index >= 15 is 0 Å². The molecule has 0 aliphatic carbocycles. The first-order valence-corrected chi connectivity index (χ1v) is 4.75. The van der Waals surface area contributed by atoms with Gasteiger partial charge in [-0.2, -0.15) is 0 Å². The van der Waals surface area contributed by atoms with Crippen molar-refractivity contribution in [2.24, 2.45) is 7.05 Å². The van der Waals surface area contributed by atoms with Gasteiger partial charge in [-0.15, -0.1) is 0 Å². The molecule has 2 aromatic heterocycles. The van der Waals surface area contributed by atoms with E-state index in [1.54, 1.807) is 23.3 Å². The van der Waals surface area contributed by atoms with E-state index in [9.17, 15) is 5.11 Å². The van der Waals surface area contributed by atoms with Gasteiger partial charge in [0.1, 0.15) is 6.10 Å². The number of rotatable bonds is 2. The van der Waals surface area contributed by atoms with Crippen LogP contribution >= 0.6 is 0 Å². The van der Waals surface area contributed by atoms with E-state index in [1.807, 2.05) is 26.1 Å². The van der Waals surface area contributed by atoms with Crippen molar-refractivity contribution in [3.05, 3.63) is 47.8 Å². The summed E-state index contributed by atoms with van der Waals surface area (Å²) in [7, 11) is 1.85. The van der Waals surface area contributed by atoms with E-state index in [2.05, 4.69) is 9.97 Å². The highest BCUT2D eigenvalue weighted by Gasteiger charge is 2.13. The van der Waals surface area contributed by atoms with Crippen LogP contribution in [0.4, 0.5) is 0 Å². The molecular formula is C11H13N3O. The molecule has 0 radical (unpaired) electrons. The molecule has 4 heteroatoms. The lowest BCUT2D eigenvalue weighted by Gasteiger charge is -2.11. The van der Waals surface area contributed by atoms with Crippen LogP contribution < -0.4 is 0 Å². The third-order valence-electron chi connectivity index (χ3n) is 2.38. The molecule has 0 aliphatic rings. The SMILES string of the molecule is Cc1ccc(C(O)c2cncn2C)cn1. The third kappa shape index (κ3) is 1.89. The third-order valence-corrected chi connectivity index (χ3v) is 2.38. The van der Waals surface area contributed by atoms with Crippen LogP contribution in [-0.4, -0.2) is 19.6 Å². The van der Waals surface area contributed by atoms with Crippen molar-refractivity contribution < 1.29 is 5.11 Å². The van der Waals surface area contributed by atoms with Crippen LogP contribution in [-0.2, 0) is 7.05 Å². The first kappa shape index (κ1) is 9.86. The average molecular weight is 203 g/mol. The minimum Gasteiger partial charge on any atom is -0.382 e. The number of aliphatic hydroxyl groups is 1. The lowest BCUT2D eigenvalue weighted by atomic mass is 10.1. The maximum absolute atomic E-state index is 10.1. The topological polar surface area (TPSA) is 50.9 Å². The second-order valence-electron chi connectivity index (χ2n) is 3.56. The van der Waals surface area contributed by atoms with Crippen LogP contribution in [0.15, 0.2) is 30.9 Å². The van der Waals surface area contributed by atoms with Crippen LogP contribution in [0.1, 0.15) is 23.1 Å². The highest BCUT2D eigenvalue weighted by atomic mass is 16.3. The van der Waals surface area contributed by atoms with E-state index in [0.29, 0.717) is 0 Å². The number of nitrogens with zero attached hydrogens (tertiary/aromatic N) is 3. The Morgan fingerprint density at radius 1 is 1.33 bits per heavy atom. The second kappa shape index (κ2) is 3.82. The van der Waals surface area contributed by atoms with Crippen molar-refractivity contribution in [3.63, 3.8) is 0 Å². The molecular weight excluding hydrogens is 190 g/mol. The van der Waals surface area contributed by atoms with Gasteiger partial charge in [0, 0.05) is 24.5 Å². The summed E-state index contributed by atoms with van der Waals surface area (Å²) in [6.07, 6.45) is 4.35. The number of aromatic nitrogens is 3. The Bertz CT molecular complexity index is 447. The Kier molecular flexibility index (Phi) is 2.51. The molecule has 15 heavy (non-hydrogen) atoms. The fourth-order valence-electron chi connectivity index (χ4n) is 1.44. The summed E-state index contributed by atoms with van der Waals surface area (Å²) < 4.78 is 1.80. The Labute approximate surface area is 88.2 Å². The molecule has 1 N–H and O–H groups in total. The zero-order chi connectivity index (χ0) is 10.8. The predicted octanol–water partition coefficient (Wildman–Crippen LogP) is 1.21. The number of pyridine rings is 1. The first-order valence-electron chi connectivity index (χ1n) is 4.75. The van der Waals surface area contributed by atoms with Gasteiger partial charge in [-0.05, 0) is 13.0 Å². The molecule has 4 nitrogen and oxygen atoms in total. The van der Waals surface area contributed by atoms with Crippen molar-refractivity contribution in [1.29, 1.82) is 0 Å². The summed E-state index contributed by atoms with van der Waals surface area (Å²) in [5.74, 6) is 0. The standard InChI is InChI=1S/C11H13N3O/c1-8-3-4-9(5-13-8)11(15)10-6-12-7-14(10)2/h3-7,11,15H,1-2H3. The van der Waals surface area contributed by atoms with Crippen LogP contribution in [0.2, 0.25) is 0 Å². The molecule has 0 fully saturated rings. The predicted molar refractivity (Wildman–Crippen MR) is 56.2 cm³/mol. The molecule has 1 unspecified atom stereocenters. The van der Waals surface area contributed by atoms with Gasteiger partial charge < -0.3 is 9.67 Å². The maximum Gasteiger partial charge on any atom is 0.122 e. The highest BCUT2D eigenvalue weighted by Crippen LogP contribution is 2.19. The summed E-state index contributed by atoms with van der Waals surface area (Å²) in [5, 5.41) is 10.1. The second-order valence-corrected chi connectivity index (χ2v) is 3.56. The average Bonchev–Trinajstić information content (AvgIpc) is 2.65. The summed E-state index contributed by atoms with van der Waals surface area (Å²) in [5.41, 5.74) is 2.49. The van der Waals surface area contributed by atoms with Gasteiger partial charge >= 0.3 is 0 Å². The van der Waals surface area contributed by atoms with Crippen LogP contribution in [0.25, 0.3) is 0 Å². The Hall–Kier alpha value is -1.68. The molecule has 0 spiro atoms. The molecule has 0 aliphatic heterocycles. The van der Waals surface area contributed by atoms with E-state index < -0.39 is 6.10 Å². The number of hydrogen-bond donors (Lipinski definition) is 1. The minimum atomic E-state index is -0.661. The molecule has 2 rings (SSSR count). The van der Waals surface area contributed by atoms with Crippen LogP contribution in [0.3, 0.4) is 0 Å². The minimum absolute atomic E-state index is 0.661. The van der Waals surface area contributed by atoms with E-state index in [1.165, 1.54) is 0 Å². The van der Waals surface area contributed by atoms with Crippen molar-refractivity contribution in [3.8, 4) is 0 Å². The molecule has 0 amide bonds. The Morgan fingerprint density at radius 2 is 2.13 bits per heavy atom. The zero-order valence-corrected chi connectivity index (χ0v) is 8.75. The van der Waals surface area contributed by atoms with Gasteiger partial charge in [-0.25, -0.2) is 4.98 Å². The van der Waals surface area contributed by atoms with Crippen molar-refractivity contribution in [2.45, 2.75) is 13.0 Å². The smallest absolute Gasteiger partial charge is 0.122 e. The molecule has 2 aromatic rings. The largest absolute Gasteiger partial charge is 0.382 e. The molecule has 78 valence electrons. The quantitative estimate of drug-likeness (QED) is 0.798. The molecule has 0 aromatic carbocycles. The number of imidazole rings is 1. The van der Waals surface area contributed by atoms with Gasteiger partial charge in [-0.1, -0.05) is 6.07 Å². The van der Waals surface area contributed by atoms with Crippen LogP contribution in [0, 0.1) is 6.92 Å². The van der Waals surface area contributed by atoms with Crippen LogP contribution in [0.5, 0.6) is 0 Å². The number of aliphatic hydroxyl groups excluding tert-OH is 1. The number of aryl methyl sites for hydroxylation is 2. The fourth-order valence-corrected chi connectivity index (χ4v) is 1.44. The fraction of sp³-hybridized carbons (Fsp3) is 0.273. The van der Waals surface area contributed by atoms with E-state index in [-0.39, 0.29) is 0 Å². The highest BCUT2D eigenvalue weighted by molar-refractivity contribution is 5.23. The monoisotopic (exact) mass is 203 g/mol. The molecule has 0 saturated heterocycles. The number of hydrogen-bond acceptors (Lipinski definition) is 3. The van der Waals surface area contributed by atoms with Gasteiger partial charge in [0.05, 0.1) is 18.2 Å². The van der Waals surface area contributed by atoms with Gasteiger partial charge in [0.15, 0.2) is 0 Å². The lowest BCUT2D eigenvalue weighted by Crippen LogP contribution is -2.05. The summed E-state index contributed by atoms with van der Waals surface area (Å²) in [6.45, 7) is 1.92. The normalized spacial score (nSPS) is 12.7. The molecule has 1 atom stereocenters. The van der Waals surface area contributed by atoms with E-state index in [0.717, 1.165) is 17.0 Å². The van der Waals surface area contributed by atoms with Crippen molar-refractivity contribution >= 4 is 0 Å². The van der Waals surface area contributed by atoms with E-state index in [4.69, 9.17) is 0 Å².